The molecule has 5 saturated carbocycles. The molecule has 5 aliphatic carbocycles. The molecule has 22 heteroatoms. The minimum absolute atomic E-state index is 0.0202. The Bertz CT molecular complexity index is 2100. The minimum Gasteiger partial charge on any atom is -0.491 e. The molecular formula is C54H88O22. The van der Waals surface area contributed by atoms with Gasteiger partial charge < -0.3 is 109 Å². The summed E-state index contributed by atoms with van der Waals surface area (Å²) in [4.78, 5) is 0. The van der Waals surface area contributed by atoms with Crippen molar-refractivity contribution < 1.29 is 109 Å². The van der Waals surface area contributed by atoms with Crippen molar-refractivity contribution in [2.75, 3.05) is 26.4 Å². The van der Waals surface area contributed by atoms with E-state index in [1.54, 1.807) is 0 Å². The third-order valence-corrected chi connectivity index (χ3v) is 22.5. The van der Waals surface area contributed by atoms with Crippen molar-refractivity contribution in [3.8, 4) is 0 Å². The zero-order valence-electron chi connectivity index (χ0n) is 45.0. The molecule has 22 nitrogen and oxygen atoms in total. The van der Waals surface area contributed by atoms with Crippen LogP contribution in [-0.2, 0) is 42.6 Å². The summed E-state index contributed by atoms with van der Waals surface area (Å²) in [5.41, 5.74) is -2.76. The Balaban J connectivity index is 0.906. The van der Waals surface area contributed by atoms with E-state index in [0.29, 0.717) is 18.6 Å². The summed E-state index contributed by atoms with van der Waals surface area (Å²) >= 11 is 0. The number of rotatable bonds is 11. The van der Waals surface area contributed by atoms with Crippen LogP contribution in [0.3, 0.4) is 0 Å². The molecule has 76 heavy (non-hydrogen) atoms. The molecule has 0 radical (unpaired) electrons. The fourth-order valence-electron chi connectivity index (χ4n) is 17.8. The second-order valence-corrected chi connectivity index (χ2v) is 26.5. The van der Waals surface area contributed by atoms with E-state index in [2.05, 4.69) is 48.1 Å². The van der Waals surface area contributed by atoms with Gasteiger partial charge >= 0.3 is 0 Å². The van der Waals surface area contributed by atoms with Gasteiger partial charge in [0.25, 0.3) is 0 Å². The fourth-order valence-corrected chi connectivity index (χ4v) is 17.8. The maximum absolute atomic E-state index is 12.4. The van der Waals surface area contributed by atoms with Crippen LogP contribution < -0.4 is 0 Å². The lowest BCUT2D eigenvalue weighted by Gasteiger charge is -2.74. The summed E-state index contributed by atoms with van der Waals surface area (Å²) in [5.74, 6) is 1.07. The molecule has 2 bridgehead atoms. The highest BCUT2D eigenvalue weighted by Gasteiger charge is 2.82. The average molecular weight is 1090 g/mol. The van der Waals surface area contributed by atoms with Crippen molar-refractivity contribution in [2.45, 2.75) is 247 Å². The third-order valence-electron chi connectivity index (χ3n) is 22.5. The predicted octanol–water partition coefficient (Wildman–Crippen LogP) is -1.20. The molecule has 0 aromatic heterocycles. The van der Waals surface area contributed by atoms with Gasteiger partial charge in [-0.1, -0.05) is 48.1 Å². The molecular weight excluding hydrogens is 1000 g/mol. The molecule has 5 heterocycles. The highest BCUT2D eigenvalue weighted by atomic mass is 16.8. The monoisotopic (exact) mass is 1090 g/mol. The Morgan fingerprint density at radius 3 is 1.79 bits per heavy atom. The Kier molecular flexibility index (Phi) is 15.4. The number of hydrogen-bond donors (Lipinski definition) is 13. The molecule has 436 valence electrons. The molecule has 0 aromatic carbocycles. The third kappa shape index (κ3) is 8.42. The average Bonchev–Trinajstić information content (AvgIpc) is 3.83. The largest absolute Gasteiger partial charge is 0.491 e. The van der Waals surface area contributed by atoms with Gasteiger partial charge in [0, 0.05) is 17.9 Å². The molecule has 0 unspecified atom stereocenters. The fraction of sp³-hybridized carbons (Fsp3) is 0.963. The first-order valence-corrected chi connectivity index (χ1v) is 27.8. The molecule has 10 aliphatic rings. The number of fused-ring (bicyclic) bond motifs is 4. The number of aliphatic hydroxyl groups is 13. The smallest absolute Gasteiger partial charge is 0.187 e. The first kappa shape index (κ1) is 57.9. The molecule has 1 spiro atoms. The van der Waals surface area contributed by atoms with Crippen molar-refractivity contribution in [1.82, 2.24) is 0 Å². The van der Waals surface area contributed by atoms with Crippen LogP contribution in [0.4, 0.5) is 0 Å². The van der Waals surface area contributed by atoms with Crippen LogP contribution in [-0.4, -0.2) is 227 Å². The first-order valence-electron chi connectivity index (χ1n) is 27.8. The number of hydrogen-bond acceptors (Lipinski definition) is 22. The lowest BCUT2D eigenvalue weighted by molar-refractivity contribution is -0.394. The van der Waals surface area contributed by atoms with E-state index in [9.17, 15) is 66.4 Å². The maximum atomic E-state index is 12.4. The predicted molar refractivity (Wildman–Crippen MR) is 260 cm³/mol. The topological polar surface area (TPSA) is 346 Å². The lowest BCUT2D eigenvalue weighted by atomic mass is 9.30. The van der Waals surface area contributed by atoms with Crippen molar-refractivity contribution in [3.05, 3.63) is 12.3 Å². The SMILES string of the molecule is C=C1O[C@]23CC[C@@H]4[C@@]5(C)CC[C@H](O[C@@H]6OC[C@H](O[C@@H]7O[C@H](CO)[C@@H](O)[C@H](O)[C@H]7O[C@H]7O[C@H](C)[C@@H](O)[C@H](O)[C@@H]7O)[C@H](O)[C@H]6O[C@@H]6O[C@H](CO)[C@@H](O)[C@H](O)[C@H]6O)C(C)(C)[C@@H]5CC[C@@]4(C)[C@]2(C)C[C@@H](O)[C@]12CC[C@](C)(CO)C[C@H]23. The number of ether oxygens (including phenoxy) is 9. The molecule has 30 atom stereocenters. The standard InChI is InChI=1S/C54H88O22/c1-23-33(59)37(63)40(66)44(69-23)75-43-39(65)35(61)26(20-56)71-47(43)72-27-21-68-46(42(36(27)62)74-45-41(67)38(64)34(60)25(19-55)70-45)73-32-11-12-50(6)28(48(32,3)4)9-13-51(7)29(50)10-14-54-30-17-49(5,22-57)15-16-53(30,24(2)76-54)31(58)18-52(51,54)8/h23,25-47,55-67H,2,9-22H2,1,3-8H3/t23-,25-,26-,27+,28+,29-,30-,31-,32+,33-,34-,35-,36+,37+,38+,39+,40+,41-,42-,43-,44-,45+,46+,47+,49+,50+,51-,52+,53-,54+/m1/s1. The van der Waals surface area contributed by atoms with Gasteiger partial charge in [0.15, 0.2) is 25.2 Å². The molecule has 5 saturated heterocycles. The van der Waals surface area contributed by atoms with E-state index in [0.717, 1.165) is 51.4 Å². The molecule has 10 fully saturated rings. The molecule has 0 aromatic rings. The van der Waals surface area contributed by atoms with Gasteiger partial charge in [0.2, 0.25) is 0 Å². The Hall–Kier alpha value is -1.30. The van der Waals surface area contributed by atoms with E-state index < -0.39 is 171 Å². The van der Waals surface area contributed by atoms with E-state index in [1.807, 2.05) is 0 Å². The van der Waals surface area contributed by atoms with Crippen LogP contribution >= 0.6 is 0 Å². The summed E-state index contributed by atoms with van der Waals surface area (Å²) < 4.78 is 56.3. The Morgan fingerprint density at radius 2 is 1.14 bits per heavy atom. The minimum atomic E-state index is -1.89. The zero-order chi connectivity index (χ0) is 55.2. The first-order chi connectivity index (χ1) is 35.6. The van der Waals surface area contributed by atoms with E-state index in [4.69, 9.17) is 42.6 Å². The lowest BCUT2D eigenvalue weighted by Crippen LogP contribution is -2.74. The molecule has 10 rings (SSSR count). The summed E-state index contributed by atoms with van der Waals surface area (Å²) in [7, 11) is 0. The maximum Gasteiger partial charge on any atom is 0.187 e. The Labute approximate surface area is 444 Å². The van der Waals surface area contributed by atoms with E-state index in [1.165, 1.54) is 6.92 Å². The zero-order valence-corrected chi connectivity index (χ0v) is 45.0. The van der Waals surface area contributed by atoms with Gasteiger partial charge in [-0.3, -0.25) is 0 Å². The quantitative estimate of drug-likeness (QED) is 0.108. The second-order valence-electron chi connectivity index (χ2n) is 26.5. The van der Waals surface area contributed by atoms with E-state index >= 15 is 0 Å². The van der Waals surface area contributed by atoms with E-state index in [-0.39, 0.29) is 40.6 Å². The highest BCUT2D eigenvalue weighted by molar-refractivity contribution is 5.34. The van der Waals surface area contributed by atoms with Crippen molar-refractivity contribution in [2.24, 2.45) is 50.2 Å². The van der Waals surface area contributed by atoms with Gasteiger partial charge in [-0.25, -0.2) is 0 Å². The van der Waals surface area contributed by atoms with Crippen LogP contribution in [0.25, 0.3) is 0 Å². The van der Waals surface area contributed by atoms with Gasteiger partial charge in [-0.15, -0.1) is 0 Å². The van der Waals surface area contributed by atoms with Crippen molar-refractivity contribution in [3.63, 3.8) is 0 Å². The van der Waals surface area contributed by atoms with Crippen molar-refractivity contribution >= 4 is 0 Å². The summed E-state index contributed by atoms with van der Waals surface area (Å²) in [5, 5.41) is 142. The summed E-state index contributed by atoms with van der Waals surface area (Å²) in [6, 6.07) is 0. The van der Waals surface area contributed by atoms with Crippen LogP contribution in [0.5, 0.6) is 0 Å². The van der Waals surface area contributed by atoms with Crippen LogP contribution in [0.1, 0.15) is 113 Å². The molecule has 13 N–H and O–H groups in total. The van der Waals surface area contributed by atoms with Crippen LogP contribution in [0.2, 0.25) is 0 Å². The molecule has 0 amide bonds. The van der Waals surface area contributed by atoms with Gasteiger partial charge in [0.05, 0.1) is 49.3 Å². The molecule has 5 aliphatic heterocycles. The summed E-state index contributed by atoms with van der Waals surface area (Å²) in [6.07, 6.45) is -24.7. The van der Waals surface area contributed by atoms with Gasteiger partial charge in [-0.2, -0.15) is 0 Å². The Morgan fingerprint density at radius 1 is 0.553 bits per heavy atom. The summed E-state index contributed by atoms with van der Waals surface area (Å²) in [6.45, 7) is 17.7. The normalized spacial score (nSPS) is 57.9. The van der Waals surface area contributed by atoms with Crippen LogP contribution in [0, 0.1) is 50.2 Å². The second kappa shape index (κ2) is 20.2. The highest BCUT2D eigenvalue weighted by Crippen LogP contribution is 2.82. The van der Waals surface area contributed by atoms with Gasteiger partial charge in [-0.05, 0) is 105 Å². The number of aliphatic hydroxyl groups excluding tert-OH is 13. The van der Waals surface area contributed by atoms with Gasteiger partial charge in [0.1, 0.15) is 91.1 Å². The van der Waals surface area contributed by atoms with Crippen LogP contribution in [0.15, 0.2) is 12.3 Å². The van der Waals surface area contributed by atoms with Crippen molar-refractivity contribution in [1.29, 1.82) is 0 Å².